The number of thiophene rings is 1. The molecular weight excluding hydrogens is 385 g/mol. The lowest BCUT2D eigenvalue weighted by Crippen LogP contribution is -2.22. The minimum atomic E-state index is -0.939. The van der Waals surface area contributed by atoms with Crippen LogP contribution in [0.4, 0.5) is 9.39 Å². The summed E-state index contributed by atoms with van der Waals surface area (Å²) in [5.74, 6) is -2.50. The quantitative estimate of drug-likeness (QED) is 0.668. The fraction of sp³-hybridized carbons (Fsp3) is 0.350. The Hall–Kier alpha value is -2.74. The molecule has 0 saturated heterocycles. The smallest absolute Gasteiger partial charge is 0.341 e. The van der Waals surface area contributed by atoms with E-state index in [1.54, 1.807) is 12.3 Å². The SMILES string of the molecule is CCOC(=O)c1c(CC(C)C)csc1NC(=O)COC(=O)c1ccccc1F. The highest BCUT2D eigenvalue weighted by atomic mass is 32.1. The number of carbonyl (C=O) groups is 3. The minimum Gasteiger partial charge on any atom is -0.462 e. The highest BCUT2D eigenvalue weighted by Crippen LogP contribution is 2.31. The van der Waals surface area contributed by atoms with Crippen molar-refractivity contribution in [1.82, 2.24) is 0 Å². The number of halogens is 1. The summed E-state index contributed by atoms with van der Waals surface area (Å²) in [6, 6.07) is 5.34. The van der Waals surface area contributed by atoms with Gasteiger partial charge in [0.25, 0.3) is 5.91 Å². The van der Waals surface area contributed by atoms with Gasteiger partial charge in [0.2, 0.25) is 0 Å². The van der Waals surface area contributed by atoms with Crippen LogP contribution in [0.25, 0.3) is 0 Å². The van der Waals surface area contributed by atoms with Crippen LogP contribution in [0.1, 0.15) is 47.1 Å². The molecule has 2 rings (SSSR count). The number of anilines is 1. The van der Waals surface area contributed by atoms with Crippen LogP contribution in [-0.4, -0.2) is 31.1 Å². The second-order valence-electron chi connectivity index (χ2n) is 6.39. The predicted octanol–water partition coefficient (Wildman–Crippen LogP) is 4.06. The number of nitrogens with one attached hydrogen (secondary N) is 1. The molecule has 0 aliphatic heterocycles. The Bertz CT molecular complexity index is 862. The maximum Gasteiger partial charge on any atom is 0.341 e. The number of esters is 2. The normalized spacial score (nSPS) is 10.6. The first kappa shape index (κ1) is 21.6. The second-order valence-corrected chi connectivity index (χ2v) is 7.27. The lowest BCUT2D eigenvalue weighted by molar-refractivity contribution is -0.119. The first-order chi connectivity index (χ1) is 13.3. The molecule has 8 heteroatoms. The third kappa shape index (κ3) is 5.63. The molecule has 0 atom stereocenters. The maximum absolute atomic E-state index is 13.6. The van der Waals surface area contributed by atoms with Crippen LogP contribution >= 0.6 is 11.3 Å². The summed E-state index contributed by atoms with van der Waals surface area (Å²) in [5.41, 5.74) is 0.851. The van der Waals surface area contributed by atoms with E-state index in [1.807, 2.05) is 13.8 Å². The number of hydrogen-bond donors (Lipinski definition) is 1. The predicted molar refractivity (Wildman–Crippen MR) is 104 cm³/mol. The van der Waals surface area contributed by atoms with Crippen LogP contribution in [0.2, 0.25) is 0 Å². The topological polar surface area (TPSA) is 81.7 Å². The summed E-state index contributed by atoms with van der Waals surface area (Å²) in [7, 11) is 0. The van der Waals surface area contributed by atoms with Crippen molar-refractivity contribution in [1.29, 1.82) is 0 Å². The molecule has 0 aliphatic carbocycles. The van der Waals surface area contributed by atoms with Gasteiger partial charge in [0.05, 0.1) is 17.7 Å². The second kappa shape index (κ2) is 9.98. The lowest BCUT2D eigenvalue weighted by atomic mass is 10.0. The van der Waals surface area contributed by atoms with Crippen LogP contribution in [0.3, 0.4) is 0 Å². The molecule has 1 heterocycles. The van der Waals surface area contributed by atoms with Gasteiger partial charge >= 0.3 is 11.9 Å². The highest BCUT2D eigenvalue weighted by molar-refractivity contribution is 7.15. The molecule has 6 nitrogen and oxygen atoms in total. The molecule has 1 aromatic carbocycles. The van der Waals surface area contributed by atoms with Crippen LogP contribution in [0, 0.1) is 11.7 Å². The summed E-state index contributed by atoms with van der Waals surface area (Å²) < 4.78 is 23.5. The zero-order valence-electron chi connectivity index (χ0n) is 15.9. The minimum absolute atomic E-state index is 0.212. The van der Waals surface area contributed by atoms with Crippen molar-refractivity contribution in [2.45, 2.75) is 27.2 Å². The molecule has 0 aliphatic rings. The Kier molecular flexibility index (Phi) is 7.69. The summed E-state index contributed by atoms with van der Waals surface area (Å²) in [6.07, 6.45) is 0.656. The first-order valence-corrected chi connectivity index (χ1v) is 9.70. The van der Waals surface area contributed by atoms with E-state index in [4.69, 9.17) is 9.47 Å². The van der Waals surface area contributed by atoms with Gasteiger partial charge in [0.15, 0.2) is 6.61 Å². The zero-order valence-corrected chi connectivity index (χ0v) is 16.7. The van der Waals surface area contributed by atoms with Gasteiger partial charge < -0.3 is 14.8 Å². The van der Waals surface area contributed by atoms with Gasteiger partial charge in [-0.05, 0) is 42.3 Å². The van der Waals surface area contributed by atoms with Gasteiger partial charge in [-0.25, -0.2) is 14.0 Å². The van der Waals surface area contributed by atoms with Gasteiger partial charge in [0.1, 0.15) is 10.8 Å². The molecule has 1 amide bonds. The first-order valence-electron chi connectivity index (χ1n) is 8.82. The van der Waals surface area contributed by atoms with Crippen LogP contribution in [0.15, 0.2) is 29.6 Å². The molecular formula is C20H22FNO5S. The van der Waals surface area contributed by atoms with E-state index >= 15 is 0 Å². The van der Waals surface area contributed by atoms with Crippen LogP contribution in [-0.2, 0) is 20.7 Å². The van der Waals surface area contributed by atoms with E-state index in [1.165, 1.54) is 29.5 Å². The van der Waals surface area contributed by atoms with Gasteiger partial charge in [0, 0.05) is 0 Å². The van der Waals surface area contributed by atoms with E-state index in [2.05, 4.69) is 5.32 Å². The van der Waals surface area contributed by atoms with Gasteiger partial charge in [-0.2, -0.15) is 0 Å². The van der Waals surface area contributed by atoms with E-state index in [0.717, 1.165) is 11.6 Å². The van der Waals surface area contributed by atoms with Gasteiger partial charge in [-0.15, -0.1) is 11.3 Å². The molecule has 0 bridgehead atoms. The highest BCUT2D eigenvalue weighted by Gasteiger charge is 2.23. The molecule has 0 spiro atoms. The number of hydrogen-bond acceptors (Lipinski definition) is 6. The molecule has 150 valence electrons. The number of ether oxygens (including phenoxy) is 2. The zero-order chi connectivity index (χ0) is 20.7. The Morgan fingerprint density at radius 2 is 1.86 bits per heavy atom. The van der Waals surface area contributed by atoms with E-state index < -0.39 is 30.3 Å². The molecule has 1 N–H and O–H groups in total. The Balaban J connectivity index is 2.06. The summed E-state index contributed by atoms with van der Waals surface area (Å²) >= 11 is 1.20. The molecule has 28 heavy (non-hydrogen) atoms. The number of rotatable bonds is 8. The van der Waals surface area contributed by atoms with Crippen molar-refractivity contribution in [2.75, 3.05) is 18.5 Å². The maximum atomic E-state index is 13.6. The van der Waals surface area contributed by atoms with E-state index in [0.29, 0.717) is 22.9 Å². The van der Waals surface area contributed by atoms with Crippen molar-refractivity contribution >= 4 is 34.2 Å². The van der Waals surface area contributed by atoms with Crippen molar-refractivity contribution in [3.05, 3.63) is 52.2 Å². The van der Waals surface area contributed by atoms with Crippen LogP contribution in [0.5, 0.6) is 0 Å². The fourth-order valence-corrected chi connectivity index (χ4v) is 3.48. The molecule has 0 fully saturated rings. The molecule has 0 radical (unpaired) electrons. The Morgan fingerprint density at radius 3 is 2.50 bits per heavy atom. The van der Waals surface area contributed by atoms with Crippen molar-refractivity contribution < 1.29 is 28.2 Å². The Morgan fingerprint density at radius 1 is 1.14 bits per heavy atom. The molecule has 2 aromatic rings. The molecule has 1 aromatic heterocycles. The average Bonchev–Trinajstić information content (AvgIpc) is 3.01. The fourth-order valence-electron chi connectivity index (χ4n) is 2.50. The van der Waals surface area contributed by atoms with Gasteiger partial charge in [-0.3, -0.25) is 4.79 Å². The van der Waals surface area contributed by atoms with E-state index in [9.17, 15) is 18.8 Å². The number of benzene rings is 1. The van der Waals surface area contributed by atoms with Crippen molar-refractivity contribution in [2.24, 2.45) is 5.92 Å². The van der Waals surface area contributed by atoms with Crippen molar-refractivity contribution in [3.8, 4) is 0 Å². The number of carbonyl (C=O) groups excluding carboxylic acids is 3. The molecule has 0 unspecified atom stereocenters. The average molecular weight is 407 g/mol. The van der Waals surface area contributed by atoms with Gasteiger partial charge in [-0.1, -0.05) is 26.0 Å². The van der Waals surface area contributed by atoms with Crippen LogP contribution < -0.4 is 5.32 Å². The number of amides is 1. The monoisotopic (exact) mass is 407 g/mol. The third-order valence-corrected chi connectivity index (χ3v) is 4.60. The summed E-state index contributed by atoms with van der Waals surface area (Å²) in [4.78, 5) is 36.4. The van der Waals surface area contributed by atoms with Crippen molar-refractivity contribution in [3.63, 3.8) is 0 Å². The molecule has 0 saturated carbocycles. The lowest BCUT2D eigenvalue weighted by Gasteiger charge is -2.10. The Labute approximate surface area is 166 Å². The van der Waals surface area contributed by atoms with E-state index in [-0.39, 0.29) is 12.2 Å². The largest absolute Gasteiger partial charge is 0.462 e. The standard InChI is InChI=1S/C20H22FNO5S/c1-4-26-20(25)17-13(9-12(2)3)11-28-18(17)22-16(23)10-27-19(24)14-7-5-6-8-15(14)21/h5-8,11-12H,4,9-10H2,1-3H3,(H,22,23). The summed E-state index contributed by atoms with van der Waals surface area (Å²) in [5, 5.41) is 4.71. The third-order valence-electron chi connectivity index (χ3n) is 3.66. The summed E-state index contributed by atoms with van der Waals surface area (Å²) in [6.45, 7) is 5.35.